The summed E-state index contributed by atoms with van der Waals surface area (Å²) in [6, 6.07) is 33.9. The van der Waals surface area contributed by atoms with E-state index in [9.17, 15) is 27.2 Å². The molecule has 1 aromatic heterocycles. The number of benzene rings is 4. The number of aromatic nitrogens is 1. The van der Waals surface area contributed by atoms with Gasteiger partial charge in [0.2, 0.25) is 11.8 Å². The molecule has 6 nitrogen and oxygen atoms in total. The number of nitrogens with zero attached hydrogens (tertiary/aromatic N) is 4. The fourth-order valence-corrected chi connectivity index (χ4v) is 6.30. The molecule has 0 N–H and O–H groups in total. The predicted molar refractivity (Wildman–Crippen MR) is 193 cm³/mol. The monoisotopic (exact) mass is 706 g/mol. The molecule has 2 amide bonds. The molecule has 0 unspecified atom stereocenters. The Balaban J connectivity index is 1.29. The number of rotatable bonds is 11. The van der Waals surface area contributed by atoms with Crippen LogP contribution < -0.4 is 0 Å². The largest absolute Gasteiger partial charge is 0.416 e. The van der Waals surface area contributed by atoms with Crippen LogP contribution in [0.3, 0.4) is 0 Å². The van der Waals surface area contributed by atoms with E-state index in [2.05, 4.69) is 22.0 Å². The van der Waals surface area contributed by atoms with Gasteiger partial charge in [-0.3, -0.25) is 19.5 Å². The molecule has 1 saturated heterocycles. The summed E-state index contributed by atoms with van der Waals surface area (Å²) in [6.07, 6.45) is -0.501. The molecule has 1 fully saturated rings. The number of carbonyl (C=O) groups is 2. The number of hydrogen-bond acceptors (Lipinski definition) is 4. The summed E-state index contributed by atoms with van der Waals surface area (Å²) >= 11 is 0. The SMILES string of the molecule is O=C([C@H](Cc1ccccc1)N(Cc1ccc(-c2ccccn2)cc1)C(=O)/C=C/c1ccc(C(F)(F)F)cc1F)N1CCN(Cc2ccccc2)CC1. The highest BCUT2D eigenvalue weighted by Crippen LogP contribution is 2.30. The van der Waals surface area contributed by atoms with E-state index in [4.69, 9.17) is 0 Å². The van der Waals surface area contributed by atoms with Crippen LogP contribution in [0.25, 0.3) is 17.3 Å². The van der Waals surface area contributed by atoms with Gasteiger partial charge in [-0.15, -0.1) is 0 Å². The normalized spacial score (nSPS) is 14.3. The molecule has 10 heteroatoms. The summed E-state index contributed by atoms with van der Waals surface area (Å²) in [4.78, 5) is 38.6. The van der Waals surface area contributed by atoms with E-state index in [-0.39, 0.29) is 24.4 Å². The second-order valence-corrected chi connectivity index (χ2v) is 12.7. The summed E-state index contributed by atoms with van der Waals surface area (Å²) in [5.74, 6) is -1.90. The lowest BCUT2D eigenvalue weighted by Crippen LogP contribution is -2.56. The highest BCUT2D eigenvalue weighted by molar-refractivity contribution is 5.96. The van der Waals surface area contributed by atoms with E-state index in [0.29, 0.717) is 32.2 Å². The first-order valence-corrected chi connectivity index (χ1v) is 17.1. The minimum atomic E-state index is -4.71. The minimum Gasteiger partial charge on any atom is -0.338 e. The minimum absolute atomic E-state index is 0.0539. The zero-order chi connectivity index (χ0) is 36.5. The van der Waals surface area contributed by atoms with Crippen molar-refractivity contribution in [1.29, 1.82) is 0 Å². The third-order valence-corrected chi connectivity index (χ3v) is 9.15. The quantitative estimate of drug-likeness (QED) is 0.104. The molecule has 0 spiro atoms. The third kappa shape index (κ3) is 9.38. The van der Waals surface area contributed by atoms with Crippen LogP contribution in [0.4, 0.5) is 17.6 Å². The second-order valence-electron chi connectivity index (χ2n) is 12.7. The molecule has 1 atom stereocenters. The molecule has 4 aromatic carbocycles. The van der Waals surface area contributed by atoms with Crippen LogP contribution in [0.2, 0.25) is 0 Å². The van der Waals surface area contributed by atoms with Gasteiger partial charge in [0.05, 0.1) is 11.3 Å². The molecular weight excluding hydrogens is 668 g/mol. The van der Waals surface area contributed by atoms with Crippen molar-refractivity contribution in [3.8, 4) is 11.3 Å². The number of amides is 2. The highest BCUT2D eigenvalue weighted by Gasteiger charge is 2.34. The van der Waals surface area contributed by atoms with Crippen molar-refractivity contribution in [3.05, 3.63) is 167 Å². The maximum Gasteiger partial charge on any atom is 0.416 e. The van der Waals surface area contributed by atoms with Gasteiger partial charge in [0.1, 0.15) is 11.9 Å². The predicted octanol–water partition coefficient (Wildman–Crippen LogP) is 7.90. The molecule has 5 aromatic rings. The van der Waals surface area contributed by atoms with Gasteiger partial charge in [-0.1, -0.05) is 97.1 Å². The average molecular weight is 707 g/mol. The number of piperazine rings is 1. The van der Waals surface area contributed by atoms with Crippen LogP contribution >= 0.6 is 0 Å². The zero-order valence-corrected chi connectivity index (χ0v) is 28.4. The first-order valence-electron chi connectivity index (χ1n) is 17.1. The Labute approximate surface area is 300 Å². The molecule has 52 heavy (non-hydrogen) atoms. The molecule has 1 aliphatic heterocycles. The van der Waals surface area contributed by atoms with Crippen molar-refractivity contribution < 1.29 is 27.2 Å². The Hall–Kier alpha value is -5.61. The lowest BCUT2D eigenvalue weighted by atomic mass is 10.0. The van der Waals surface area contributed by atoms with Gasteiger partial charge >= 0.3 is 6.18 Å². The van der Waals surface area contributed by atoms with E-state index in [0.717, 1.165) is 53.2 Å². The molecule has 266 valence electrons. The van der Waals surface area contributed by atoms with Gasteiger partial charge < -0.3 is 9.80 Å². The Kier molecular flexibility index (Phi) is 11.6. The Bertz CT molecular complexity index is 1960. The van der Waals surface area contributed by atoms with Gasteiger partial charge in [0, 0.05) is 69.1 Å². The number of alkyl halides is 3. The summed E-state index contributed by atoms with van der Waals surface area (Å²) < 4.78 is 54.3. The molecule has 0 aliphatic carbocycles. The van der Waals surface area contributed by atoms with Crippen molar-refractivity contribution in [2.24, 2.45) is 0 Å². The van der Waals surface area contributed by atoms with Crippen molar-refractivity contribution in [2.45, 2.75) is 31.7 Å². The summed E-state index contributed by atoms with van der Waals surface area (Å²) in [7, 11) is 0. The number of pyridine rings is 1. The van der Waals surface area contributed by atoms with E-state index in [1.165, 1.54) is 10.5 Å². The number of carbonyl (C=O) groups excluding carboxylic acids is 2. The summed E-state index contributed by atoms with van der Waals surface area (Å²) in [5.41, 5.74) is 3.15. The number of hydrogen-bond donors (Lipinski definition) is 0. The van der Waals surface area contributed by atoms with Crippen molar-refractivity contribution in [1.82, 2.24) is 19.7 Å². The van der Waals surface area contributed by atoms with Crippen LogP contribution in [-0.4, -0.2) is 63.7 Å². The van der Waals surface area contributed by atoms with Crippen molar-refractivity contribution >= 4 is 17.9 Å². The third-order valence-electron chi connectivity index (χ3n) is 9.15. The summed E-state index contributed by atoms with van der Waals surface area (Å²) in [5, 5.41) is 0. The standard InChI is InChI=1S/C42H38F4N4O2/c43-37-28-36(42(44,45)46)20-18-34(37)19-21-40(51)50(30-33-14-16-35(17-15-33)38-13-7-8-22-47-38)39(27-31-9-3-1-4-10-31)41(52)49-25-23-48(24-26-49)29-32-11-5-2-6-12-32/h1-22,28,39H,23-27,29-30H2/b21-19+/t39-/m0/s1. The van der Waals surface area contributed by atoms with Gasteiger partial charge in [0.15, 0.2) is 0 Å². The molecule has 0 radical (unpaired) electrons. The van der Waals surface area contributed by atoms with Gasteiger partial charge in [0.25, 0.3) is 0 Å². The van der Waals surface area contributed by atoms with Crippen LogP contribution in [0.1, 0.15) is 27.8 Å². The average Bonchev–Trinajstić information content (AvgIpc) is 3.16. The van der Waals surface area contributed by atoms with Gasteiger partial charge in [-0.25, -0.2) is 4.39 Å². The lowest BCUT2D eigenvalue weighted by Gasteiger charge is -2.39. The van der Waals surface area contributed by atoms with Crippen molar-refractivity contribution in [2.75, 3.05) is 26.2 Å². The smallest absolute Gasteiger partial charge is 0.338 e. The summed E-state index contributed by atoms with van der Waals surface area (Å²) in [6.45, 7) is 3.09. The highest BCUT2D eigenvalue weighted by atomic mass is 19.4. The Morgan fingerprint density at radius 2 is 1.42 bits per heavy atom. The molecule has 0 bridgehead atoms. The van der Waals surface area contributed by atoms with E-state index < -0.39 is 29.5 Å². The van der Waals surface area contributed by atoms with Crippen LogP contribution in [0.15, 0.2) is 134 Å². The zero-order valence-electron chi connectivity index (χ0n) is 28.4. The Morgan fingerprint density at radius 1 is 0.769 bits per heavy atom. The van der Waals surface area contributed by atoms with Crippen LogP contribution in [-0.2, 0) is 35.3 Å². The molecule has 2 heterocycles. The first-order chi connectivity index (χ1) is 25.1. The maximum absolute atomic E-state index is 14.8. The fourth-order valence-electron chi connectivity index (χ4n) is 6.30. The number of halogens is 4. The van der Waals surface area contributed by atoms with Gasteiger partial charge in [-0.2, -0.15) is 13.2 Å². The van der Waals surface area contributed by atoms with E-state index in [1.54, 1.807) is 11.1 Å². The molecule has 1 aliphatic rings. The van der Waals surface area contributed by atoms with Crippen LogP contribution in [0, 0.1) is 5.82 Å². The molecule has 6 rings (SSSR count). The van der Waals surface area contributed by atoms with Crippen LogP contribution in [0.5, 0.6) is 0 Å². The van der Waals surface area contributed by atoms with Gasteiger partial charge in [-0.05, 0) is 47.0 Å². The van der Waals surface area contributed by atoms with E-state index >= 15 is 0 Å². The first kappa shape index (κ1) is 36.2. The Morgan fingerprint density at radius 3 is 2.04 bits per heavy atom. The lowest BCUT2D eigenvalue weighted by molar-refractivity contribution is -0.145. The van der Waals surface area contributed by atoms with E-state index in [1.807, 2.05) is 91.0 Å². The molecule has 0 saturated carbocycles. The fraction of sp³-hybridized carbons (Fsp3) is 0.214. The second kappa shape index (κ2) is 16.6. The van der Waals surface area contributed by atoms with Crippen molar-refractivity contribution in [3.63, 3.8) is 0 Å². The molecular formula is C42H38F4N4O2. The topological polar surface area (TPSA) is 56.8 Å². The maximum atomic E-state index is 14.8.